The van der Waals surface area contributed by atoms with E-state index in [1.54, 1.807) is 14.2 Å². The quantitative estimate of drug-likeness (QED) is 0.608. The summed E-state index contributed by atoms with van der Waals surface area (Å²) in [4.78, 5) is 0. The lowest BCUT2D eigenvalue weighted by Crippen LogP contribution is -2.29. The minimum absolute atomic E-state index is 0.0476. The van der Waals surface area contributed by atoms with Crippen LogP contribution in [0.25, 0.3) is 0 Å². The van der Waals surface area contributed by atoms with Gasteiger partial charge in [-0.2, -0.15) is 0 Å². The van der Waals surface area contributed by atoms with Crippen molar-refractivity contribution < 1.29 is 9.47 Å². The largest absolute Gasteiger partial charge is 0.495 e. The van der Waals surface area contributed by atoms with Crippen molar-refractivity contribution in [1.29, 1.82) is 0 Å². The fourth-order valence-electron chi connectivity index (χ4n) is 2.10. The number of methoxy groups -OCH3 is 2. The number of nitrogens with one attached hydrogen (secondary N) is 1. The molecule has 1 atom stereocenters. The number of benzene rings is 1. The van der Waals surface area contributed by atoms with E-state index in [0.29, 0.717) is 0 Å². The maximum Gasteiger partial charge on any atom is 0.141 e. The molecule has 114 valence electrons. The van der Waals surface area contributed by atoms with E-state index in [2.05, 4.69) is 42.1 Å². The molecule has 0 fully saturated rings. The molecule has 0 aromatic heterocycles. The van der Waals surface area contributed by atoms with Gasteiger partial charge in [-0.15, -0.1) is 0 Å². The molecule has 0 aliphatic carbocycles. The maximum absolute atomic E-state index is 5.73. The molecule has 1 rings (SSSR count). The molecule has 0 saturated carbocycles. The van der Waals surface area contributed by atoms with E-state index in [-0.39, 0.29) is 11.5 Å². The molecule has 0 bridgehead atoms. The molecular formula is C15H25BrN2O2. The highest BCUT2D eigenvalue weighted by Crippen LogP contribution is 2.41. The van der Waals surface area contributed by atoms with E-state index in [0.717, 1.165) is 34.4 Å². The van der Waals surface area contributed by atoms with E-state index >= 15 is 0 Å². The number of hydrogen-bond acceptors (Lipinski definition) is 4. The highest BCUT2D eigenvalue weighted by atomic mass is 79.9. The molecule has 0 saturated heterocycles. The van der Waals surface area contributed by atoms with Crippen LogP contribution in [0.3, 0.4) is 0 Å². The Kier molecular flexibility index (Phi) is 6.30. The molecule has 4 nitrogen and oxygen atoms in total. The molecule has 0 spiro atoms. The Labute approximate surface area is 130 Å². The van der Waals surface area contributed by atoms with Gasteiger partial charge in [0.05, 0.1) is 14.2 Å². The summed E-state index contributed by atoms with van der Waals surface area (Å²) in [6.45, 7) is 6.67. The first-order chi connectivity index (χ1) is 9.34. The summed E-state index contributed by atoms with van der Waals surface area (Å²) < 4.78 is 11.6. The number of hydrogen-bond donors (Lipinski definition) is 2. The smallest absolute Gasteiger partial charge is 0.141 e. The first kappa shape index (κ1) is 17.3. The lowest BCUT2D eigenvalue weighted by atomic mass is 9.87. The molecule has 20 heavy (non-hydrogen) atoms. The summed E-state index contributed by atoms with van der Waals surface area (Å²) in [6.07, 6.45) is 2.00. The predicted octanol–water partition coefficient (Wildman–Crippen LogP) is 3.80. The summed E-state index contributed by atoms with van der Waals surface area (Å²) in [7, 11) is 3.29. The van der Waals surface area contributed by atoms with Gasteiger partial charge in [0.15, 0.2) is 0 Å². The lowest BCUT2D eigenvalue weighted by Gasteiger charge is -2.25. The van der Waals surface area contributed by atoms with Gasteiger partial charge in [0, 0.05) is 11.6 Å². The van der Waals surface area contributed by atoms with Gasteiger partial charge in [-0.05, 0) is 46.3 Å². The molecule has 1 aromatic carbocycles. The van der Waals surface area contributed by atoms with Gasteiger partial charge in [-0.3, -0.25) is 11.3 Å². The van der Waals surface area contributed by atoms with Crippen LogP contribution in [0, 0.1) is 5.41 Å². The first-order valence-electron chi connectivity index (χ1n) is 6.70. The van der Waals surface area contributed by atoms with Crippen molar-refractivity contribution in [2.45, 2.75) is 39.7 Å². The summed E-state index contributed by atoms with van der Waals surface area (Å²) in [5, 5.41) is 0. The Balaban J connectivity index is 3.06. The van der Waals surface area contributed by atoms with E-state index < -0.39 is 0 Å². The van der Waals surface area contributed by atoms with Gasteiger partial charge < -0.3 is 9.47 Å². The molecule has 1 aromatic rings. The van der Waals surface area contributed by atoms with Crippen LogP contribution in [0.4, 0.5) is 0 Å². The Morgan fingerprint density at radius 3 is 2.35 bits per heavy atom. The van der Waals surface area contributed by atoms with Crippen molar-refractivity contribution in [2.75, 3.05) is 14.2 Å². The van der Waals surface area contributed by atoms with Gasteiger partial charge in [0.2, 0.25) is 0 Å². The van der Waals surface area contributed by atoms with Crippen LogP contribution >= 0.6 is 15.9 Å². The summed E-state index contributed by atoms with van der Waals surface area (Å²) in [5.41, 5.74) is 4.19. The number of halogens is 1. The SMILES string of the molecule is COc1ccc(C(CCC(C)(C)C)NN)c(OC)c1Br. The van der Waals surface area contributed by atoms with Crippen LogP contribution in [0.15, 0.2) is 16.6 Å². The fraction of sp³-hybridized carbons (Fsp3) is 0.600. The number of rotatable bonds is 6. The number of ether oxygens (including phenoxy) is 2. The average molecular weight is 345 g/mol. The van der Waals surface area contributed by atoms with Crippen LogP contribution < -0.4 is 20.7 Å². The summed E-state index contributed by atoms with van der Waals surface area (Å²) >= 11 is 3.52. The topological polar surface area (TPSA) is 56.5 Å². The molecule has 1 unspecified atom stereocenters. The molecule has 5 heteroatoms. The zero-order valence-electron chi connectivity index (χ0n) is 12.9. The summed E-state index contributed by atoms with van der Waals surface area (Å²) in [6, 6.07) is 3.96. The normalized spacial score (nSPS) is 13.2. The lowest BCUT2D eigenvalue weighted by molar-refractivity contribution is 0.326. The van der Waals surface area contributed by atoms with Crippen molar-refractivity contribution >= 4 is 15.9 Å². The maximum atomic E-state index is 5.73. The highest BCUT2D eigenvalue weighted by Gasteiger charge is 2.21. The monoisotopic (exact) mass is 344 g/mol. The highest BCUT2D eigenvalue weighted by molar-refractivity contribution is 9.10. The molecule has 0 aliphatic rings. The third-order valence-corrected chi connectivity index (χ3v) is 4.03. The van der Waals surface area contributed by atoms with Crippen molar-refractivity contribution in [3.63, 3.8) is 0 Å². The molecule has 0 aliphatic heterocycles. The number of nitrogens with two attached hydrogens (primary N) is 1. The fourth-order valence-corrected chi connectivity index (χ4v) is 2.78. The molecular weight excluding hydrogens is 320 g/mol. The van der Waals surface area contributed by atoms with E-state index in [4.69, 9.17) is 15.3 Å². The van der Waals surface area contributed by atoms with E-state index in [1.807, 2.05) is 12.1 Å². The van der Waals surface area contributed by atoms with Crippen LogP contribution in [-0.4, -0.2) is 14.2 Å². The van der Waals surface area contributed by atoms with Crippen molar-refractivity contribution in [3.05, 3.63) is 22.2 Å². The van der Waals surface area contributed by atoms with Gasteiger partial charge in [0.1, 0.15) is 16.0 Å². The predicted molar refractivity (Wildman–Crippen MR) is 86.0 cm³/mol. The van der Waals surface area contributed by atoms with Crippen molar-refractivity contribution in [3.8, 4) is 11.5 Å². The Morgan fingerprint density at radius 1 is 1.25 bits per heavy atom. The zero-order chi connectivity index (χ0) is 15.3. The van der Waals surface area contributed by atoms with Crippen molar-refractivity contribution in [2.24, 2.45) is 11.3 Å². The van der Waals surface area contributed by atoms with Crippen LogP contribution in [-0.2, 0) is 0 Å². The number of hydrazine groups is 1. The Hall–Kier alpha value is -0.780. The summed E-state index contributed by atoms with van der Waals surface area (Å²) in [5.74, 6) is 7.24. The van der Waals surface area contributed by atoms with Gasteiger partial charge in [0.25, 0.3) is 0 Å². The van der Waals surface area contributed by atoms with Crippen molar-refractivity contribution in [1.82, 2.24) is 5.43 Å². The third-order valence-electron chi connectivity index (χ3n) is 3.28. The second-order valence-corrected chi connectivity index (χ2v) is 6.82. The van der Waals surface area contributed by atoms with Crippen LogP contribution in [0.2, 0.25) is 0 Å². The second kappa shape index (κ2) is 7.29. The minimum Gasteiger partial charge on any atom is -0.495 e. The average Bonchev–Trinajstić information content (AvgIpc) is 2.38. The second-order valence-electron chi connectivity index (χ2n) is 6.02. The van der Waals surface area contributed by atoms with Crippen LogP contribution in [0.5, 0.6) is 11.5 Å². The zero-order valence-corrected chi connectivity index (χ0v) is 14.5. The molecule has 3 N–H and O–H groups in total. The molecule has 0 amide bonds. The third kappa shape index (κ3) is 4.36. The first-order valence-corrected chi connectivity index (χ1v) is 7.50. The molecule has 0 heterocycles. The van der Waals surface area contributed by atoms with E-state index in [9.17, 15) is 0 Å². The molecule has 0 radical (unpaired) electrons. The van der Waals surface area contributed by atoms with E-state index in [1.165, 1.54) is 0 Å². The Bertz CT molecular complexity index is 444. The Morgan fingerprint density at radius 2 is 1.90 bits per heavy atom. The van der Waals surface area contributed by atoms with Gasteiger partial charge >= 0.3 is 0 Å². The standard InChI is InChI=1S/C15H25BrN2O2/c1-15(2,3)9-8-11(18-17)10-6-7-12(19-4)13(16)14(10)20-5/h6-7,11,18H,8-9,17H2,1-5H3. The van der Waals surface area contributed by atoms with Gasteiger partial charge in [-0.25, -0.2) is 0 Å². The minimum atomic E-state index is 0.0476. The van der Waals surface area contributed by atoms with Gasteiger partial charge in [-0.1, -0.05) is 20.8 Å². The van der Waals surface area contributed by atoms with Crippen LogP contribution in [0.1, 0.15) is 45.2 Å².